The summed E-state index contributed by atoms with van der Waals surface area (Å²) >= 11 is 5.89. The van der Waals surface area contributed by atoms with E-state index in [1.165, 1.54) is 19.1 Å². The largest absolute Gasteiger partial charge is 0.508 e. The fraction of sp³-hybridized carbons (Fsp3) is 0.381. The molecule has 1 heterocycles. The van der Waals surface area contributed by atoms with Gasteiger partial charge in [0, 0.05) is 37.6 Å². The van der Waals surface area contributed by atoms with E-state index in [-0.39, 0.29) is 24.4 Å². The molecule has 2 atom stereocenters. The number of carbonyl (C=O) groups excluding carboxylic acids is 1. The number of phenolic OH excluding ortho intramolecular Hbond substituents is 1. The average molecular weight is 421 g/mol. The van der Waals surface area contributed by atoms with Gasteiger partial charge >= 0.3 is 0 Å². The number of likely N-dealkylation sites (tertiary alicyclic amines) is 1. The van der Waals surface area contributed by atoms with Crippen LogP contribution in [0, 0.1) is 0 Å². The van der Waals surface area contributed by atoms with Crippen molar-refractivity contribution in [3.63, 3.8) is 0 Å². The molecule has 0 radical (unpaired) electrons. The van der Waals surface area contributed by atoms with Gasteiger partial charge in [-0.15, -0.1) is 0 Å². The summed E-state index contributed by atoms with van der Waals surface area (Å²) in [4.78, 5) is 13.4. The van der Waals surface area contributed by atoms with Crippen molar-refractivity contribution in [2.75, 3.05) is 31.6 Å². The van der Waals surface area contributed by atoms with E-state index in [4.69, 9.17) is 21.1 Å². The van der Waals surface area contributed by atoms with E-state index in [0.717, 1.165) is 18.7 Å². The molecule has 0 spiro atoms. The number of β-amino-alcohol motifs (C(OH)–C–C–N with tert-alkyl or cyclic N) is 1. The molecule has 8 heteroatoms. The lowest BCUT2D eigenvalue weighted by Gasteiger charge is -2.21. The number of ether oxygens (including phenoxy) is 2. The molecule has 1 aliphatic heterocycles. The Hall–Kier alpha value is -2.48. The number of carbonyl (C=O) groups is 1. The fourth-order valence-corrected chi connectivity index (χ4v) is 3.35. The van der Waals surface area contributed by atoms with Crippen LogP contribution in [0.4, 0.5) is 5.69 Å². The van der Waals surface area contributed by atoms with Crippen molar-refractivity contribution in [2.24, 2.45) is 0 Å². The Kier molecular flexibility index (Phi) is 7.19. The number of nitrogens with zero attached hydrogens (tertiary/aromatic N) is 1. The van der Waals surface area contributed by atoms with Crippen LogP contribution in [0.25, 0.3) is 0 Å². The minimum absolute atomic E-state index is 0.0188. The number of aliphatic hydroxyl groups excluding tert-OH is 1. The lowest BCUT2D eigenvalue weighted by molar-refractivity contribution is -0.114. The van der Waals surface area contributed by atoms with Gasteiger partial charge in [-0.25, -0.2) is 0 Å². The summed E-state index contributed by atoms with van der Waals surface area (Å²) in [6.07, 6.45) is 0.202. The highest BCUT2D eigenvalue weighted by molar-refractivity contribution is 6.30. The third-order valence-electron chi connectivity index (χ3n) is 4.52. The summed E-state index contributed by atoms with van der Waals surface area (Å²) in [5, 5.41) is 23.3. The minimum atomic E-state index is -0.725. The minimum Gasteiger partial charge on any atom is -0.508 e. The topological polar surface area (TPSA) is 91.3 Å². The van der Waals surface area contributed by atoms with Crippen molar-refractivity contribution in [3.8, 4) is 17.2 Å². The van der Waals surface area contributed by atoms with E-state index >= 15 is 0 Å². The van der Waals surface area contributed by atoms with E-state index in [1.807, 2.05) is 12.1 Å². The van der Waals surface area contributed by atoms with E-state index in [9.17, 15) is 15.0 Å². The van der Waals surface area contributed by atoms with Gasteiger partial charge in [-0.1, -0.05) is 11.6 Å². The molecule has 1 amide bonds. The van der Waals surface area contributed by atoms with Crippen LogP contribution in [-0.2, 0) is 4.79 Å². The monoisotopic (exact) mass is 420 g/mol. The summed E-state index contributed by atoms with van der Waals surface area (Å²) in [5.74, 6) is 0.861. The molecule has 2 aromatic rings. The number of aromatic hydroxyl groups is 1. The van der Waals surface area contributed by atoms with Crippen LogP contribution in [0.5, 0.6) is 17.2 Å². The average Bonchev–Trinajstić information content (AvgIpc) is 3.10. The van der Waals surface area contributed by atoms with Gasteiger partial charge in [0.2, 0.25) is 5.91 Å². The quantitative estimate of drug-likeness (QED) is 0.569. The second kappa shape index (κ2) is 9.82. The molecule has 1 fully saturated rings. The number of amides is 1. The van der Waals surface area contributed by atoms with E-state index in [1.54, 1.807) is 18.2 Å². The molecule has 1 aliphatic rings. The number of hydrogen-bond donors (Lipinski definition) is 3. The number of hydrogen-bond acceptors (Lipinski definition) is 6. The van der Waals surface area contributed by atoms with Crippen molar-refractivity contribution in [3.05, 3.63) is 47.5 Å². The van der Waals surface area contributed by atoms with Gasteiger partial charge in [-0.2, -0.15) is 0 Å². The van der Waals surface area contributed by atoms with Gasteiger partial charge in [-0.05, 0) is 42.8 Å². The Labute approximate surface area is 174 Å². The SMILES string of the molecule is CC(=O)Nc1ccc(O)cc1OC[C@H](O)CN1CC[C@H](Oc2ccc(Cl)cc2)C1. The Morgan fingerprint density at radius 3 is 2.79 bits per heavy atom. The zero-order valence-electron chi connectivity index (χ0n) is 16.2. The van der Waals surface area contributed by atoms with Gasteiger partial charge in [-0.3, -0.25) is 9.69 Å². The molecule has 156 valence electrons. The first-order valence-electron chi connectivity index (χ1n) is 9.45. The first-order valence-corrected chi connectivity index (χ1v) is 9.83. The lowest BCUT2D eigenvalue weighted by atomic mass is 10.2. The van der Waals surface area contributed by atoms with Crippen LogP contribution in [0.1, 0.15) is 13.3 Å². The molecule has 0 aliphatic carbocycles. The number of phenols is 1. The van der Waals surface area contributed by atoms with Crippen LogP contribution >= 0.6 is 11.6 Å². The highest BCUT2D eigenvalue weighted by atomic mass is 35.5. The summed E-state index contributed by atoms with van der Waals surface area (Å²) in [6.45, 7) is 3.40. The number of anilines is 1. The molecule has 0 saturated carbocycles. The summed E-state index contributed by atoms with van der Waals surface area (Å²) in [5.41, 5.74) is 0.445. The Morgan fingerprint density at radius 1 is 1.31 bits per heavy atom. The Bertz CT molecular complexity index is 830. The number of nitrogens with one attached hydrogen (secondary N) is 1. The van der Waals surface area contributed by atoms with E-state index in [2.05, 4.69) is 10.2 Å². The molecule has 3 N–H and O–H groups in total. The highest BCUT2D eigenvalue weighted by Gasteiger charge is 2.26. The predicted molar refractivity (Wildman–Crippen MR) is 111 cm³/mol. The van der Waals surface area contributed by atoms with Crippen LogP contribution in [0.3, 0.4) is 0 Å². The summed E-state index contributed by atoms with van der Waals surface area (Å²) in [6, 6.07) is 11.7. The smallest absolute Gasteiger partial charge is 0.221 e. The molecule has 0 bridgehead atoms. The Morgan fingerprint density at radius 2 is 2.07 bits per heavy atom. The van der Waals surface area contributed by atoms with E-state index in [0.29, 0.717) is 29.5 Å². The van der Waals surface area contributed by atoms with E-state index < -0.39 is 6.10 Å². The fourth-order valence-electron chi connectivity index (χ4n) is 3.22. The maximum atomic E-state index is 11.3. The molecule has 3 rings (SSSR count). The number of aliphatic hydroxyl groups is 1. The Balaban J connectivity index is 1.46. The molecular weight excluding hydrogens is 396 g/mol. The predicted octanol–water partition coefficient (Wildman–Crippen LogP) is 2.90. The molecule has 2 aromatic carbocycles. The zero-order chi connectivity index (χ0) is 20.8. The summed E-state index contributed by atoms with van der Waals surface area (Å²) in [7, 11) is 0. The molecule has 1 saturated heterocycles. The second-order valence-corrected chi connectivity index (χ2v) is 7.50. The molecule has 0 aromatic heterocycles. The third kappa shape index (κ3) is 6.52. The second-order valence-electron chi connectivity index (χ2n) is 7.07. The normalized spacial score (nSPS) is 17.7. The number of rotatable bonds is 8. The van der Waals surface area contributed by atoms with Crippen LogP contribution in [0.2, 0.25) is 5.02 Å². The highest BCUT2D eigenvalue weighted by Crippen LogP contribution is 2.29. The van der Waals surface area contributed by atoms with Crippen LogP contribution in [-0.4, -0.2) is 59.5 Å². The zero-order valence-corrected chi connectivity index (χ0v) is 16.9. The van der Waals surface area contributed by atoms with Gasteiger partial charge in [0.15, 0.2) is 0 Å². The van der Waals surface area contributed by atoms with Gasteiger partial charge in [0.05, 0.1) is 5.69 Å². The maximum Gasteiger partial charge on any atom is 0.221 e. The molecule has 29 heavy (non-hydrogen) atoms. The van der Waals surface area contributed by atoms with Crippen molar-refractivity contribution < 1.29 is 24.5 Å². The van der Waals surface area contributed by atoms with Crippen molar-refractivity contribution in [1.82, 2.24) is 4.90 Å². The van der Waals surface area contributed by atoms with Crippen LogP contribution in [0.15, 0.2) is 42.5 Å². The summed E-state index contributed by atoms with van der Waals surface area (Å²) < 4.78 is 11.6. The number of benzene rings is 2. The van der Waals surface area contributed by atoms with Gasteiger partial charge < -0.3 is 25.0 Å². The first kappa shape index (κ1) is 21.2. The standard InChI is InChI=1S/C21H25ClN2O5/c1-14(25)23-20-7-4-16(26)10-21(20)28-13-17(27)11-24-9-8-19(12-24)29-18-5-2-15(22)3-6-18/h2-7,10,17,19,26-27H,8-9,11-13H2,1H3,(H,23,25)/t17-,19+/m1/s1. The van der Waals surface area contributed by atoms with Crippen molar-refractivity contribution in [2.45, 2.75) is 25.6 Å². The molecule has 0 unspecified atom stereocenters. The third-order valence-corrected chi connectivity index (χ3v) is 4.77. The van der Waals surface area contributed by atoms with Crippen LogP contribution < -0.4 is 14.8 Å². The maximum absolute atomic E-state index is 11.3. The molecular formula is C21H25ClN2O5. The lowest BCUT2D eigenvalue weighted by Crippen LogP contribution is -2.35. The van der Waals surface area contributed by atoms with Crippen molar-refractivity contribution >= 4 is 23.2 Å². The molecule has 7 nitrogen and oxygen atoms in total. The number of halogens is 1. The van der Waals surface area contributed by atoms with Gasteiger partial charge in [0.1, 0.15) is 36.1 Å². The first-order chi connectivity index (χ1) is 13.9. The van der Waals surface area contributed by atoms with Crippen molar-refractivity contribution in [1.29, 1.82) is 0 Å². The van der Waals surface area contributed by atoms with Gasteiger partial charge in [0.25, 0.3) is 0 Å².